The van der Waals surface area contributed by atoms with E-state index in [0.29, 0.717) is 37.4 Å². The number of rotatable bonds is 5. The Kier molecular flexibility index (Phi) is 5.48. The van der Waals surface area contributed by atoms with Crippen LogP contribution in [0.5, 0.6) is 5.75 Å². The zero-order valence-electron chi connectivity index (χ0n) is 18.2. The highest BCUT2D eigenvalue weighted by molar-refractivity contribution is 5.93. The lowest BCUT2D eigenvalue weighted by Crippen LogP contribution is -2.38. The lowest BCUT2D eigenvalue weighted by Gasteiger charge is -2.28. The molecule has 0 bridgehead atoms. The fraction of sp³-hybridized carbons (Fsp3) is 0.200. The van der Waals surface area contributed by atoms with Crippen LogP contribution in [0, 0.1) is 0 Å². The minimum atomic E-state index is -0.171. The van der Waals surface area contributed by atoms with Crippen LogP contribution in [-0.2, 0) is 19.5 Å². The van der Waals surface area contributed by atoms with Crippen LogP contribution in [0.2, 0.25) is 0 Å². The number of carbonyl (C=O) groups excluding carboxylic acids is 1. The second kappa shape index (κ2) is 8.74. The number of carbonyl (C=O) groups is 1. The molecule has 8 heteroatoms. The Bertz CT molecular complexity index is 1340. The van der Waals surface area contributed by atoms with E-state index in [1.165, 1.54) is 4.68 Å². The van der Waals surface area contributed by atoms with Gasteiger partial charge >= 0.3 is 0 Å². The molecule has 0 spiro atoms. The molecule has 3 heterocycles. The SMILES string of the molecule is COc1ccc(-c2cc(C(=O)N3CCc4nn(Cc5ccccc5)c(=O)cc4C3)[nH]n2)cc1. The molecule has 33 heavy (non-hydrogen) atoms. The predicted octanol–water partition coefficient (Wildman–Crippen LogP) is 2.89. The van der Waals surface area contributed by atoms with E-state index in [1.54, 1.807) is 24.1 Å². The number of amides is 1. The zero-order chi connectivity index (χ0) is 22.8. The van der Waals surface area contributed by atoms with Gasteiger partial charge in [-0.1, -0.05) is 30.3 Å². The average Bonchev–Trinajstić information content (AvgIpc) is 3.35. The summed E-state index contributed by atoms with van der Waals surface area (Å²) < 4.78 is 6.67. The zero-order valence-corrected chi connectivity index (χ0v) is 18.2. The number of H-pyrrole nitrogens is 1. The minimum Gasteiger partial charge on any atom is -0.497 e. The van der Waals surface area contributed by atoms with Crippen molar-refractivity contribution >= 4 is 5.91 Å². The fourth-order valence-corrected chi connectivity index (χ4v) is 3.99. The van der Waals surface area contributed by atoms with Gasteiger partial charge in [0.15, 0.2) is 0 Å². The van der Waals surface area contributed by atoms with Crippen molar-refractivity contribution in [3.63, 3.8) is 0 Å². The summed E-state index contributed by atoms with van der Waals surface area (Å²) >= 11 is 0. The second-order valence-electron chi connectivity index (χ2n) is 7.97. The van der Waals surface area contributed by atoms with E-state index < -0.39 is 0 Å². The van der Waals surface area contributed by atoms with Gasteiger partial charge in [-0.25, -0.2) is 4.68 Å². The molecule has 0 radical (unpaired) electrons. The van der Waals surface area contributed by atoms with Crippen molar-refractivity contribution in [1.82, 2.24) is 24.9 Å². The Morgan fingerprint density at radius 1 is 1.09 bits per heavy atom. The van der Waals surface area contributed by atoms with E-state index in [4.69, 9.17) is 4.74 Å². The van der Waals surface area contributed by atoms with Gasteiger partial charge in [-0.15, -0.1) is 0 Å². The first-order valence-electron chi connectivity index (χ1n) is 10.7. The molecule has 0 unspecified atom stereocenters. The quantitative estimate of drug-likeness (QED) is 0.514. The highest BCUT2D eigenvalue weighted by atomic mass is 16.5. The number of hydrogen-bond donors (Lipinski definition) is 1. The number of aromatic amines is 1. The average molecular weight is 441 g/mol. The Labute approximate surface area is 190 Å². The highest BCUT2D eigenvalue weighted by Gasteiger charge is 2.25. The molecular formula is C25H23N5O3. The van der Waals surface area contributed by atoms with E-state index in [0.717, 1.165) is 28.1 Å². The van der Waals surface area contributed by atoms with Crippen molar-refractivity contribution in [3.8, 4) is 17.0 Å². The van der Waals surface area contributed by atoms with Crippen LogP contribution in [0.1, 0.15) is 27.3 Å². The number of nitrogens with one attached hydrogen (secondary N) is 1. The molecule has 0 fully saturated rings. The summed E-state index contributed by atoms with van der Waals surface area (Å²) in [6.45, 7) is 1.30. The maximum absolute atomic E-state index is 13.1. The summed E-state index contributed by atoms with van der Waals surface area (Å²) in [5, 5.41) is 11.7. The molecule has 0 atom stereocenters. The van der Waals surface area contributed by atoms with Crippen LogP contribution in [0.4, 0.5) is 0 Å². The maximum Gasteiger partial charge on any atom is 0.272 e. The van der Waals surface area contributed by atoms with Gasteiger partial charge in [0.2, 0.25) is 0 Å². The van der Waals surface area contributed by atoms with E-state index in [2.05, 4.69) is 15.3 Å². The maximum atomic E-state index is 13.1. The minimum absolute atomic E-state index is 0.152. The summed E-state index contributed by atoms with van der Waals surface area (Å²) in [7, 11) is 1.62. The Morgan fingerprint density at radius 3 is 2.64 bits per heavy atom. The standard InChI is InChI=1S/C25H23N5O3/c1-33-20-9-7-18(8-10-20)22-14-23(27-26-22)25(32)29-12-11-21-19(16-29)13-24(31)30(28-21)15-17-5-3-2-4-6-17/h2-10,13-14H,11-12,15-16H2,1H3,(H,26,27). The number of methoxy groups -OCH3 is 1. The molecule has 5 rings (SSSR count). The van der Waals surface area contributed by atoms with Crippen molar-refractivity contribution in [3.05, 3.63) is 99.6 Å². The molecule has 1 aliphatic heterocycles. The van der Waals surface area contributed by atoms with Crippen molar-refractivity contribution < 1.29 is 9.53 Å². The molecule has 0 aliphatic carbocycles. The van der Waals surface area contributed by atoms with E-state index in [1.807, 2.05) is 54.6 Å². The number of aromatic nitrogens is 4. The monoisotopic (exact) mass is 441 g/mol. The summed E-state index contributed by atoms with van der Waals surface area (Å²) in [5.74, 6) is 0.607. The van der Waals surface area contributed by atoms with E-state index in [-0.39, 0.29) is 11.5 Å². The van der Waals surface area contributed by atoms with Gasteiger partial charge in [-0.2, -0.15) is 10.2 Å². The molecule has 2 aromatic carbocycles. The van der Waals surface area contributed by atoms with E-state index in [9.17, 15) is 9.59 Å². The number of fused-ring (bicyclic) bond motifs is 1. The summed E-state index contributed by atoms with van der Waals surface area (Å²) in [4.78, 5) is 27.4. The van der Waals surface area contributed by atoms with Crippen molar-refractivity contribution in [1.29, 1.82) is 0 Å². The van der Waals surface area contributed by atoms with E-state index >= 15 is 0 Å². The second-order valence-corrected chi connectivity index (χ2v) is 7.97. The molecule has 0 saturated carbocycles. The smallest absolute Gasteiger partial charge is 0.272 e. The van der Waals surface area contributed by atoms with Crippen LogP contribution in [0.25, 0.3) is 11.3 Å². The lowest BCUT2D eigenvalue weighted by atomic mass is 10.1. The van der Waals surface area contributed by atoms with Crippen molar-refractivity contribution in [2.24, 2.45) is 0 Å². The van der Waals surface area contributed by atoms with Gasteiger partial charge in [0.1, 0.15) is 11.4 Å². The van der Waals surface area contributed by atoms with Gasteiger partial charge < -0.3 is 9.64 Å². The van der Waals surface area contributed by atoms with Gasteiger partial charge in [0.05, 0.1) is 25.0 Å². The van der Waals surface area contributed by atoms with Gasteiger partial charge in [-0.3, -0.25) is 14.7 Å². The normalized spacial score (nSPS) is 12.9. The summed E-state index contributed by atoms with van der Waals surface area (Å²) in [6, 6.07) is 20.6. The molecule has 1 N–H and O–H groups in total. The Balaban J connectivity index is 1.32. The highest BCUT2D eigenvalue weighted by Crippen LogP contribution is 2.23. The molecular weight excluding hydrogens is 418 g/mol. The molecule has 1 aliphatic rings. The molecule has 2 aromatic heterocycles. The number of nitrogens with zero attached hydrogens (tertiary/aromatic N) is 4. The molecule has 8 nitrogen and oxygen atoms in total. The van der Waals surface area contributed by atoms with Crippen molar-refractivity contribution in [2.45, 2.75) is 19.5 Å². The van der Waals surface area contributed by atoms with Crippen LogP contribution < -0.4 is 10.3 Å². The van der Waals surface area contributed by atoms with Crippen LogP contribution in [0.15, 0.2) is 71.5 Å². The van der Waals surface area contributed by atoms with Crippen molar-refractivity contribution in [2.75, 3.05) is 13.7 Å². The predicted molar refractivity (Wildman–Crippen MR) is 123 cm³/mol. The third-order valence-electron chi connectivity index (χ3n) is 5.80. The molecule has 0 saturated heterocycles. The summed E-state index contributed by atoms with van der Waals surface area (Å²) in [6.07, 6.45) is 0.593. The van der Waals surface area contributed by atoms with Crippen LogP contribution >= 0.6 is 0 Å². The van der Waals surface area contributed by atoms with Crippen LogP contribution in [0.3, 0.4) is 0 Å². The Hall–Kier alpha value is -4.20. The number of ether oxygens (including phenoxy) is 1. The molecule has 4 aromatic rings. The molecule has 166 valence electrons. The molecule has 1 amide bonds. The fourth-order valence-electron chi connectivity index (χ4n) is 3.99. The van der Waals surface area contributed by atoms with Gasteiger partial charge in [0, 0.05) is 36.7 Å². The summed E-state index contributed by atoms with van der Waals surface area (Å²) in [5.41, 5.74) is 4.48. The lowest BCUT2D eigenvalue weighted by molar-refractivity contribution is 0.0726. The first kappa shape index (κ1) is 20.7. The topological polar surface area (TPSA) is 93.1 Å². The van der Waals surface area contributed by atoms with Gasteiger partial charge in [0.25, 0.3) is 11.5 Å². The first-order chi connectivity index (χ1) is 16.1. The third kappa shape index (κ3) is 4.27. The number of benzene rings is 2. The van der Waals surface area contributed by atoms with Gasteiger partial charge in [-0.05, 0) is 35.9 Å². The largest absolute Gasteiger partial charge is 0.497 e. The third-order valence-corrected chi connectivity index (χ3v) is 5.80. The first-order valence-corrected chi connectivity index (χ1v) is 10.7. The number of hydrogen-bond acceptors (Lipinski definition) is 5. The Morgan fingerprint density at radius 2 is 1.88 bits per heavy atom. The van der Waals surface area contributed by atoms with Crippen LogP contribution in [-0.4, -0.2) is 44.4 Å².